The number of carbonyl (C=O) groups is 2. The lowest BCUT2D eigenvalue weighted by Crippen LogP contribution is -2.17. The average molecular weight is 473 g/mol. The number of carbonyl (C=O) groups excluding carboxylic acids is 2. The van der Waals surface area contributed by atoms with Gasteiger partial charge in [0.2, 0.25) is 0 Å². The van der Waals surface area contributed by atoms with Crippen molar-refractivity contribution in [2.45, 2.75) is 19.8 Å². The van der Waals surface area contributed by atoms with Crippen LogP contribution in [0.1, 0.15) is 46.0 Å². The number of benzene rings is 3. The first-order chi connectivity index (χ1) is 17.1. The lowest BCUT2D eigenvalue weighted by Gasteiger charge is -2.07. The highest BCUT2D eigenvalue weighted by Gasteiger charge is 2.09. The summed E-state index contributed by atoms with van der Waals surface area (Å²) in [5, 5.41) is 3.97. The van der Waals surface area contributed by atoms with E-state index in [0.29, 0.717) is 35.8 Å². The Kier molecular flexibility index (Phi) is 9.63. The third kappa shape index (κ3) is 8.16. The summed E-state index contributed by atoms with van der Waals surface area (Å²) in [6, 6.07) is 20.4. The van der Waals surface area contributed by atoms with Crippen LogP contribution in [0.15, 0.2) is 90.6 Å². The second-order valence-electron chi connectivity index (χ2n) is 7.51. The highest BCUT2D eigenvalue weighted by molar-refractivity contribution is 5.95. The molecule has 180 valence electrons. The molecule has 0 heterocycles. The van der Waals surface area contributed by atoms with E-state index in [1.807, 2.05) is 0 Å². The molecule has 7 nitrogen and oxygen atoms in total. The summed E-state index contributed by atoms with van der Waals surface area (Å²) >= 11 is 0. The van der Waals surface area contributed by atoms with Crippen LogP contribution in [0, 0.1) is 0 Å². The van der Waals surface area contributed by atoms with Gasteiger partial charge in [-0.1, -0.05) is 26.0 Å². The fraction of sp³-hybridized carbons (Fsp3) is 0.179. The fourth-order valence-electron chi connectivity index (χ4n) is 2.90. The van der Waals surface area contributed by atoms with Crippen LogP contribution in [0.3, 0.4) is 0 Å². The van der Waals surface area contributed by atoms with E-state index in [4.69, 9.17) is 14.2 Å². The van der Waals surface area contributed by atoms with Crippen LogP contribution >= 0.6 is 0 Å². The SMILES string of the molecule is C=CCOc1ccc(C(=O)N/N=C/c2ccc(OC(=O)c3ccc(OCCCC)cc3)cc2)cc1. The first-order valence-electron chi connectivity index (χ1n) is 11.3. The molecule has 3 aromatic carbocycles. The molecule has 0 aromatic heterocycles. The van der Waals surface area contributed by atoms with Crippen molar-refractivity contribution < 1.29 is 23.8 Å². The van der Waals surface area contributed by atoms with Crippen LogP contribution in [0.25, 0.3) is 0 Å². The summed E-state index contributed by atoms with van der Waals surface area (Å²) in [7, 11) is 0. The van der Waals surface area contributed by atoms with E-state index in [2.05, 4.69) is 24.0 Å². The Morgan fingerprint density at radius 3 is 2.09 bits per heavy atom. The molecule has 3 aromatic rings. The predicted molar refractivity (Wildman–Crippen MR) is 135 cm³/mol. The van der Waals surface area contributed by atoms with Crippen molar-refractivity contribution in [3.63, 3.8) is 0 Å². The zero-order valence-electron chi connectivity index (χ0n) is 19.6. The number of amides is 1. The summed E-state index contributed by atoms with van der Waals surface area (Å²) in [6.45, 7) is 6.74. The number of nitrogens with one attached hydrogen (secondary N) is 1. The van der Waals surface area contributed by atoms with Crippen molar-refractivity contribution in [2.24, 2.45) is 5.10 Å². The Hall–Kier alpha value is -4.39. The van der Waals surface area contributed by atoms with Crippen molar-refractivity contribution in [1.82, 2.24) is 5.43 Å². The number of hydrogen-bond donors (Lipinski definition) is 1. The zero-order valence-corrected chi connectivity index (χ0v) is 19.6. The van der Waals surface area contributed by atoms with Crippen LogP contribution in [-0.2, 0) is 0 Å². The molecule has 1 amide bonds. The van der Waals surface area contributed by atoms with E-state index < -0.39 is 5.97 Å². The van der Waals surface area contributed by atoms with E-state index in [1.165, 1.54) is 6.21 Å². The largest absolute Gasteiger partial charge is 0.494 e. The summed E-state index contributed by atoms with van der Waals surface area (Å²) < 4.78 is 16.4. The zero-order chi connectivity index (χ0) is 24.9. The maximum absolute atomic E-state index is 12.4. The highest BCUT2D eigenvalue weighted by Crippen LogP contribution is 2.17. The molecule has 0 aliphatic heterocycles. The third-order valence-electron chi connectivity index (χ3n) is 4.81. The van der Waals surface area contributed by atoms with Crippen molar-refractivity contribution in [2.75, 3.05) is 13.2 Å². The second-order valence-corrected chi connectivity index (χ2v) is 7.51. The maximum atomic E-state index is 12.4. The van der Waals surface area contributed by atoms with Gasteiger partial charge in [0.15, 0.2) is 0 Å². The molecule has 0 atom stereocenters. The quantitative estimate of drug-likeness (QED) is 0.0951. The van der Waals surface area contributed by atoms with E-state index in [1.54, 1.807) is 78.9 Å². The molecule has 7 heteroatoms. The van der Waals surface area contributed by atoms with Crippen LogP contribution in [-0.4, -0.2) is 31.3 Å². The Labute approximate surface area is 205 Å². The van der Waals surface area contributed by atoms with Gasteiger partial charge in [-0.3, -0.25) is 4.79 Å². The minimum Gasteiger partial charge on any atom is -0.494 e. The lowest BCUT2D eigenvalue weighted by molar-refractivity contribution is 0.0734. The summed E-state index contributed by atoms with van der Waals surface area (Å²) in [4.78, 5) is 24.6. The van der Waals surface area contributed by atoms with Gasteiger partial charge in [-0.15, -0.1) is 0 Å². The minimum atomic E-state index is -0.459. The third-order valence-corrected chi connectivity index (χ3v) is 4.81. The normalized spacial score (nSPS) is 10.5. The van der Waals surface area contributed by atoms with Crippen LogP contribution < -0.4 is 19.6 Å². The number of unbranched alkanes of at least 4 members (excludes halogenated alkanes) is 1. The predicted octanol–water partition coefficient (Wildman–Crippen LogP) is 5.41. The van der Waals surface area contributed by atoms with E-state index in [0.717, 1.165) is 24.2 Å². The molecule has 0 unspecified atom stereocenters. The van der Waals surface area contributed by atoms with Crippen molar-refractivity contribution >= 4 is 18.1 Å². The Balaban J connectivity index is 1.48. The van der Waals surface area contributed by atoms with Gasteiger partial charge >= 0.3 is 5.97 Å². The number of nitrogens with zero attached hydrogens (tertiary/aromatic N) is 1. The Morgan fingerprint density at radius 1 is 0.857 bits per heavy atom. The molecule has 0 aliphatic rings. The molecular weight excluding hydrogens is 444 g/mol. The monoisotopic (exact) mass is 472 g/mol. The van der Waals surface area contributed by atoms with Gasteiger partial charge in [-0.25, -0.2) is 10.2 Å². The molecule has 0 fully saturated rings. The van der Waals surface area contributed by atoms with Gasteiger partial charge in [0, 0.05) is 5.56 Å². The van der Waals surface area contributed by atoms with Crippen molar-refractivity contribution in [1.29, 1.82) is 0 Å². The minimum absolute atomic E-state index is 0.344. The maximum Gasteiger partial charge on any atom is 0.343 e. The molecule has 3 rings (SSSR count). The molecule has 35 heavy (non-hydrogen) atoms. The molecule has 0 radical (unpaired) electrons. The van der Waals surface area contributed by atoms with Gasteiger partial charge in [0.1, 0.15) is 23.9 Å². The molecule has 1 N–H and O–H groups in total. The smallest absolute Gasteiger partial charge is 0.343 e. The van der Waals surface area contributed by atoms with Gasteiger partial charge < -0.3 is 14.2 Å². The Morgan fingerprint density at radius 2 is 1.46 bits per heavy atom. The van der Waals surface area contributed by atoms with E-state index in [9.17, 15) is 9.59 Å². The summed E-state index contributed by atoms with van der Waals surface area (Å²) in [5.74, 6) is 0.973. The molecule has 0 saturated heterocycles. The topological polar surface area (TPSA) is 86.2 Å². The van der Waals surface area contributed by atoms with Gasteiger partial charge in [0.05, 0.1) is 18.4 Å². The fourth-order valence-corrected chi connectivity index (χ4v) is 2.90. The second kappa shape index (κ2) is 13.3. The molecule has 0 saturated carbocycles. The molecule has 0 bridgehead atoms. The molecular formula is C28H28N2O5. The first kappa shape index (κ1) is 25.2. The summed E-state index contributed by atoms with van der Waals surface area (Å²) in [6.07, 6.45) is 5.19. The highest BCUT2D eigenvalue weighted by atomic mass is 16.5. The molecule has 0 aliphatic carbocycles. The number of hydrogen-bond acceptors (Lipinski definition) is 6. The van der Waals surface area contributed by atoms with Gasteiger partial charge in [-0.05, 0) is 84.8 Å². The van der Waals surface area contributed by atoms with Gasteiger partial charge in [-0.2, -0.15) is 5.10 Å². The van der Waals surface area contributed by atoms with E-state index >= 15 is 0 Å². The van der Waals surface area contributed by atoms with Crippen molar-refractivity contribution in [3.05, 3.63) is 102 Å². The van der Waals surface area contributed by atoms with Crippen LogP contribution in [0.5, 0.6) is 17.2 Å². The number of hydrazone groups is 1. The number of rotatable bonds is 12. The van der Waals surface area contributed by atoms with Gasteiger partial charge in [0.25, 0.3) is 5.91 Å². The van der Waals surface area contributed by atoms with Crippen LogP contribution in [0.4, 0.5) is 0 Å². The van der Waals surface area contributed by atoms with Crippen molar-refractivity contribution in [3.8, 4) is 17.2 Å². The van der Waals surface area contributed by atoms with E-state index in [-0.39, 0.29) is 5.91 Å². The Bertz CT molecular complexity index is 1140. The first-order valence-corrected chi connectivity index (χ1v) is 11.3. The number of esters is 1. The molecule has 0 spiro atoms. The number of ether oxygens (including phenoxy) is 3. The van der Waals surface area contributed by atoms with Crippen LogP contribution in [0.2, 0.25) is 0 Å². The average Bonchev–Trinajstić information content (AvgIpc) is 2.89. The lowest BCUT2D eigenvalue weighted by atomic mass is 10.2. The summed E-state index contributed by atoms with van der Waals surface area (Å²) in [5.41, 5.74) is 4.09. The standard InChI is InChI=1S/C28H28N2O5/c1-3-5-19-34-25-16-10-23(11-17-25)28(32)35-26-12-6-21(7-13-26)20-29-30-27(31)22-8-14-24(15-9-22)33-18-4-2/h4,6-17,20H,2-3,5,18-19H2,1H3,(H,30,31)/b29-20+.